The monoisotopic (exact) mass is 252 g/mol. The Morgan fingerprint density at radius 1 is 1.21 bits per heavy atom. The van der Waals surface area contributed by atoms with Gasteiger partial charge in [-0.05, 0) is 42.8 Å². The molecule has 0 saturated heterocycles. The van der Waals surface area contributed by atoms with Crippen LogP contribution in [0.5, 0.6) is 5.75 Å². The van der Waals surface area contributed by atoms with E-state index in [0.717, 1.165) is 11.3 Å². The van der Waals surface area contributed by atoms with Crippen molar-refractivity contribution in [2.75, 3.05) is 0 Å². The van der Waals surface area contributed by atoms with Gasteiger partial charge in [0, 0.05) is 5.56 Å². The van der Waals surface area contributed by atoms with Gasteiger partial charge in [-0.25, -0.2) is 0 Å². The third-order valence-electron chi connectivity index (χ3n) is 2.81. The molecule has 0 aromatic heterocycles. The third kappa shape index (κ3) is 3.55. The molecule has 2 rings (SSSR count). The van der Waals surface area contributed by atoms with Crippen LogP contribution < -0.4 is 4.74 Å². The summed E-state index contributed by atoms with van der Waals surface area (Å²) in [6.45, 7) is 6.04. The smallest absolute Gasteiger partial charge is 0.185 e. The zero-order valence-electron chi connectivity index (χ0n) is 10.9. The van der Waals surface area contributed by atoms with Gasteiger partial charge in [0.1, 0.15) is 12.4 Å². The van der Waals surface area contributed by atoms with Crippen molar-refractivity contribution in [1.29, 1.82) is 0 Å². The highest BCUT2D eigenvalue weighted by molar-refractivity contribution is 6.04. The molecular formula is C17H16O2. The van der Waals surface area contributed by atoms with Crippen LogP contribution >= 0.6 is 0 Å². The quantitative estimate of drug-likeness (QED) is 0.595. The lowest BCUT2D eigenvalue weighted by Gasteiger charge is -2.07. The molecule has 2 heteroatoms. The number of allylic oxidation sites excluding steroid dienone is 1. The van der Waals surface area contributed by atoms with Gasteiger partial charge >= 0.3 is 0 Å². The van der Waals surface area contributed by atoms with Crippen LogP contribution in [0.1, 0.15) is 21.5 Å². The Hall–Kier alpha value is -2.35. The van der Waals surface area contributed by atoms with Gasteiger partial charge in [0.2, 0.25) is 0 Å². The van der Waals surface area contributed by atoms with E-state index in [1.54, 1.807) is 24.3 Å². The number of rotatable bonds is 5. The van der Waals surface area contributed by atoms with Crippen LogP contribution in [0.4, 0.5) is 0 Å². The van der Waals surface area contributed by atoms with Crippen LogP contribution in [0.3, 0.4) is 0 Å². The lowest BCUT2D eigenvalue weighted by molar-refractivity contribution is 0.104. The van der Waals surface area contributed by atoms with Gasteiger partial charge in [0.05, 0.1) is 0 Å². The Morgan fingerprint density at radius 3 is 2.58 bits per heavy atom. The fourth-order valence-electron chi connectivity index (χ4n) is 1.80. The molecule has 0 atom stereocenters. The number of carbonyl (C=O) groups excluding carboxylic acids is 1. The van der Waals surface area contributed by atoms with Crippen LogP contribution in [0.15, 0.2) is 61.2 Å². The van der Waals surface area contributed by atoms with Gasteiger partial charge in [0.25, 0.3) is 0 Å². The molecule has 0 aliphatic rings. The second-order valence-corrected chi connectivity index (χ2v) is 4.37. The second-order valence-electron chi connectivity index (χ2n) is 4.37. The lowest BCUT2D eigenvalue weighted by Crippen LogP contribution is -1.97. The van der Waals surface area contributed by atoms with Gasteiger partial charge < -0.3 is 4.74 Å². The van der Waals surface area contributed by atoms with Crippen molar-refractivity contribution in [1.82, 2.24) is 0 Å². The Morgan fingerprint density at radius 2 is 1.95 bits per heavy atom. The van der Waals surface area contributed by atoms with Crippen molar-refractivity contribution in [3.63, 3.8) is 0 Å². The van der Waals surface area contributed by atoms with Crippen LogP contribution in [-0.2, 0) is 6.61 Å². The first kappa shape index (κ1) is 13.1. The Bertz CT molecular complexity index is 582. The standard InChI is InChI=1S/C17H16O2/c1-3-17(18)15-7-9-16(10-8-15)19-12-14-6-4-5-13(2)11-14/h3-11H,1,12H2,2H3. The van der Waals surface area contributed by atoms with Gasteiger partial charge in [-0.2, -0.15) is 0 Å². The predicted octanol–water partition coefficient (Wildman–Crippen LogP) is 3.94. The minimum Gasteiger partial charge on any atom is -0.489 e. The van der Waals surface area contributed by atoms with E-state index in [-0.39, 0.29) is 5.78 Å². The van der Waals surface area contributed by atoms with Crippen molar-refractivity contribution in [2.45, 2.75) is 13.5 Å². The third-order valence-corrected chi connectivity index (χ3v) is 2.81. The molecule has 0 spiro atoms. The normalized spacial score (nSPS) is 9.95. The summed E-state index contributed by atoms with van der Waals surface area (Å²) in [5.41, 5.74) is 2.97. The molecule has 0 bridgehead atoms. The number of hydrogen-bond acceptors (Lipinski definition) is 2. The Kier molecular flexibility index (Phi) is 4.14. The molecular weight excluding hydrogens is 236 g/mol. The molecule has 0 fully saturated rings. The first-order valence-electron chi connectivity index (χ1n) is 6.14. The van der Waals surface area contributed by atoms with E-state index < -0.39 is 0 Å². The van der Waals surface area contributed by atoms with Crippen molar-refractivity contribution in [2.24, 2.45) is 0 Å². The molecule has 2 aromatic carbocycles. The summed E-state index contributed by atoms with van der Waals surface area (Å²) in [5.74, 6) is 0.673. The first-order chi connectivity index (χ1) is 9.19. The molecule has 0 unspecified atom stereocenters. The van der Waals surface area contributed by atoms with E-state index in [4.69, 9.17) is 4.74 Å². The molecule has 0 aliphatic carbocycles. The van der Waals surface area contributed by atoms with E-state index in [9.17, 15) is 4.79 Å². The van der Waals surface area contributed by atoms with E-state index in [1.807, 2.05) is 12.1 Å². The zero-order chi connectivity index (χ0) is 13.7. The molecule has 0 heterocycles. The molecule has 0 aliphatic heterocycles. The SMILES string of the molecule is C=CC(=O)c1ccc(OCc2cccc(C)c2)cc1. The van der Waals surface area contributed by atoms with Crippen LogP contribution in [0, 0.1) is 6.92 Å². The molecule has 0 radical (unpaired) electrons. The maximum Gasteiger partial charge on any atom is 0.185 e. The van der Waals surface area contributed by atoms with Crippen molar-refractivity contribution < 1.29 is 9.53 Å². The summed E-state index contributed by atoms with van der Waals surface area (Å²) in [7, 11) is 0. The van der Waals surface area contributed by atoms with Crippen LogP contribution in [0.25, 0.3) is 0 Å². The number of carbonyl (C=O) groups is 1. The summed E-state index contributed by atoms with van der Waals surface area (Å²) in [6, 6.07) is 15.3. The highest BCUT2D eigenvalue weighted by Gasteiger charge is 2.01. The number of aryl methyl sites for hydroxylation is 1. The number of hydrogen-bond donors (Lipinski definition) is 0. The summed E-state index contributed by atoms with van der Waals surface area (Å²) in [6.07, 6.45) is 1.31. The topological polar surface area (TPSA) is 26.3 Å². The van der Waals surface area contributed by atoms with E-state index in [2.05, 4.69) is 25.6 Å². The first-order valence-corrected chi connectivity index (χ1v) is 6.14. The van der Waals surface area contributed by atoms with E-state index in [1.165, 1.54) is 11.6 Å². The lowest BCUT2D eigenvalue weighted by atomic mass is 10.1. The minimum atomic E-state index is -0.0785. The van der Waals surface area contributed by atoms with Crippen LogP contribution in [-0.4, -0.2) is 5.78 Å². The van der Waals surface area contributed by atoms with Crippen molar-refractivity contribution in [3.05, 3.63) is 77.9 Å². The van der Waals surface area contributed by atoms with E-state index in [0.29, 0.717) is 12.2 Å². The summed E-state index contributed by atoms with van der Waals surface area (Å²) in [4.78, 5) is 11.4. The number of ether oxygens (including phenoxy) is 1. The maximum absolute atomic E-state index is 11.4. The maximum atomic E-state index is 11.4. The number of ketones is 1. The zero-order valence-corrected chi connectivity index (χ0v) is 10.9. The van der Waals surface area contributed by atoms with E-state index >= 15 is 0 Å². The Balaban J connectivity index is 2.00. The molecule has 19 heavy (non-hydrogen) atoms. The molecule has 0 saturated carbocycles. The minimum absolute atomic E-state index is 0.0785. The van der Waals surface area contributed by atoms with Gasteiger partial charge in [-0.15, -0.1) is 0 Å². The largest absolute Gasteiger partial charge is 0.489 e. The molecule has 2 nitrogen and oxygen atoms in total. The molecule has 0 N–H and O–H groups in total. The molecule has 0 amide bonds. The second kappa shape index (κ2) is 6.01. The summed E-state index contributed by atoms with van der Waals surface area (Å²) >= 11 is 0. The number of benzene rings is 2. The average Bonchev–Trinajstić information content (AvgIpc) is 2.45. The average molecular weight is 252 g/mol. The summed E-state index contributed by atoms with van der Waals surface area (Å²) < 4.78 is 5.68. The highest BCUT2D eigenvalue weighted by atomic mass is 16.5. The highest BCUT2D eigenvalue weighted by Crippen LogP contribution is 2.15. The fraction of sp³-hybridized carbons (Fsp3) is 0.118. The van der Waals surface area contributed by atoms with Crippen LogP contribution in [0.2, 0.25) is 0 Å². The fourth-order valence-corrected chi connectivity index (χ4v) is 1.80. The molecule has 2 aromatic rings. The predicted molar refractivity (Wildman–Crippen MR) is 76.5 cm³/mol. The van der Waals surface area contributed by atoms with Gasteiger partial charge in [-0.3, -0.25) is 4.79 Å². The summed E-state index contributed by atoms with van der Waals surface area (Å²) in [5, 5.41) is 0. The van der Waals surface area contributed by atoms with Gasteiger partial charge in [0.15, 0.2) is 5.78 Å². The Labute approximate surface area is 113 Å². The molecule has 96 valence electrons. The van der Waals surface area contributed by atoms with Crippen molar-refractivity contribution >= 4 is 5.78 Å². The van der Waals surface area contributed by atoms with Crippen molar-refractivity contribution in [3.8, 4) is 5.75 Å². The van der Waals surface area contributed by atoms with Gasteiger partial charge in [-0.1, -0.05) is 36.4 Å².